The topological polar surface area (TPSA) is 37.8 Å². The zero-order valence-electron chi connectivity index (χ0n) is 13.4. The number of hydrogen-bond acceptors (Lipinski definition) is 4. The molecule has 0 radical (unpaired) electrons. The molecule has 21 heavy (non-hydrogen) atoms. The molecule has 0 saturated heterocycles. The second-order valence-corrected chi connectivity index (χ2v) is 7.14. The molecule has 0 atom stereocenters. The average Bonchev–Trinajstić information content (AvgIpc) is 2.38. The van der Waals surface area contributed by atoms with Crippen molar-refractivity contribution in [1.29, 1.82) is 0 Å². The van der Waals surface area contributed by atoms with Crippen LogP contribution < -0.4 is 5.32 Å². The third-order valence-corrected chi connectivity index (χ3v) is 4.04. The molecule has 1 aromatic heterocycles. The lowest BCUT2D eigenvalue weighted by Crippen LogP contribution is -2.10. The Morgan fingerprint density at radius 3 is 2.33 bits per heavy atom. The van der Waals surface area contributed by atoms with Crippen molar-refractivity contribution < 1.29 is 0 Å². The van der Waals surface area contributed by atoms with Gasteiger partial charge in [-0.15, -0.1) is 0 Å². The van der Waals surface area contributed by atoms with E-state index in [1.807, 2.05) is 13.0 Å². The fourth-order valence-corrected chi connectivity index (χ4v) is 2.87. The fourth-order valence-electron chi connectivity index (χ4n) is 2.01. The van der Waals surface area contributed by atoms with Gasteiger partial charge in [0.25, 0.3) is 0 Å². The van der Waals surface area contributed by atoms with Crippen molar-refractivity contribution in [2.75, 3.05) is 11.9 Å². The number of aryl methyl sites for hydroxylation is 1. The molecule has 4 heteroatoms. The molecule has 0 aliphatic heterocycles. The Labute approximate surface area is 131 Å². The summed E-state index contributed by atoms with van der Waals surface area (Å²) in [5.41, 5.74) is 1.53. The van der Waals surface area contributed by atoms with Gasteiger partial charge in [0, 0.05) is 17.5 Å². The summed E-state index contributed by atoms with van der Waals surface area (Å²) in [4.78, 5) is 10.1. The summed E-state index contributed by atoms with van der Waals surface area (Å²) in [5, 5.41) is 4.21. The summed E-state index contributed by atoms with van der Waals surface area (Å²) in [6, 6.07) is 10.7. The van der Waals surface area contributed by atoms with Gasteiger partial charge in [0.1, 0.15) is 16.7 Å². The molecule has 0 aliphatic carbocycles. The molecular weight excluding hydrogens is 278 g/mol. The Morgan fingerprint density at radius 2 is 1.76 bits per heavy atom. The van der Waals surface area contributed by atoms with E-state index < -0.39 is 0 Å². The summed E-state index contributed by atoms with van der Waals surface area (Å²) >= 11 is 1.67. The Bertz CT molecular complexity index is 600. The van der Waals surface area contributed by atoms with Gasteiger partial charge in [0.15, 0.2) is 0 Å². The second-order valence-electron chi connectivity index (χ2n) is 6.05. The molecule has 0 amide bonds. The molecule has 112 valence electrons. The quantitative estimate of drug-likeness (QED) is 0.833. The number of nitrogens with zero attached hydrogens (tertiary/aromatic N) is 2. The maximum Gasteiger partial charge on any atom is 0.130 e. The number of hydrogen-bond donors (Lipinski definition) is 1. The van der Waals surface area contributed by atoms with Gasteiger partial charge in [-0.25, -0.2) is 9.97 Å². The number of anilines is 1. The number of aromatic nitrogens is 2. The first-order valence-corrected chi connectivity index (χ1v) is 8.08. The number of rotatable bonds is 4. The Hall–Kier alpha value is -1.55. The lowest BCUT2D eigenvalue weighted by Gasteiger charge is -2.19. The van der Waals surface area contributed by atoms with Crippen LogP contribution in [0, 0.1) is 6.92 Å². The van der Waals surface area contributed by atoms with E-state index in [0.29, 0.717) is 0 Å². The molecule has 0 unspecified atom stereocenters. The molecule has 0 bridgehead atoms. The fraction of sp³-hybridized carbons (Fsp3) is 0.412. The molecule has 0 spiro atoms. The van der Waals surface area contributed by atoms with Crippen LogP contribution in [0.1, 0.15) is 39.1 Å². The lowest BCUT2D eigenvalue weighted by molar-refractivity contribution is 0.590. The highest BCUT2D eigenvalue weighted by molar-refractivity contribution is 7.99. The molecule has 1 N–H and O–H groups in total. The zero-order chi connectivity index (χ0) is 15.5. The lowest BCUT2D eigenvalue weighted by atomic mass is 9.87. The molecule has 2 rings (SSSR count). The number of nitrogens with one attached hydrogen (secondary N) is 1. The van der Waals surface area contributed by atoms with E-state index in [9.17, 15) is 0 Å². The van der Waals surface area contributed by atoms with Crippen LogP contribution in [-0.2, 0) is 5.41 Å². The van der Waals surface area contributed by atoms with Crippen LogP contribution in [0.15, 0.2) is 40.3 Å². The minimum absolute atomic E-state index is 0.187. The highest BCUT2D eigenvalue weighted by Crippen LogP contribution is 2.30. The highest BCUT2D eigenvalue weighted by atomic mass is 32.2. The molecule has 1 heterocycles. The number of benzene rings is 1. The molecular formula is C17H23N3S. The van der Waals surface area contributed by atoms with Crippen molar-refractivity contribution in [2.45, 2.75) is 50.0 Å². The van der Waals surface area contributed by atoms with E-state index >= 15 is 0 Å². The Kier molecular flexibility index (Phi) is 4.88. The van der Waals surface area contributed by atoms with Crippen LogP contribution in [0.5, 0.6) is 0 Å². The van der Waals surface area contributed by atoms with Crippen molar-refractivity contribution >= 4 is 17.6 Å². The van der Waals surface area contributed by atoms with Gasteiger partial charge >= 0.3 is 0 Å². The first-order chi connectivity index (χ1) is 9.88. The Morgan fingerprint density at radius 1 is 1.10 bits per heavy atom. The second kappa shape index (κ2) is 6.48. The first kappa shape index (κ1) is 15.8. The summed E-state index contributed by atoms with van der Waals surface area (Å²) in [6.45, 7) is 11.5. The van der Waals surface area contributed by atoms with Gasteiger partial charge in [-0.3, -0.25) is 0 Å². The van der Waals surface area contributed by atoms with Crippen molar-refractivity contribution in [3.63, 3.8) is 0 Å². The van der Waals surface area contributed by atoms with Crippen molar-refractivity contribution in [3.8, 4) is 0 Å². The van der Waals surface area contributed by atoms with Gasteiger partial charge in [0.05, 0.1) is 0 Å². The van der Waals surface area contributed by atoms with Crippen LogP contribution in [0.3, 0.4) is 0 Å². The van der Waals surface area contributed by atoms with Gasteiger partial charge in [-0.05, 0) is 37.0 Å². The molecule has 2 aromatic rings. The van der Waals surface area contributed by atoms with Crippen molar-refractivity contribution in [2.24, 2.45) is 0 Å². The van der Waals surface area contributed by atoms with Gasteiger partial charge in [-0.2, -0.15) is 0 Å². The van der Waals surface area contributed by atoms with E-state index in [-0.39, 0.29) is 5.41 Å². The van der Waals surface area contributed by atoms with Crippen LogP contribution in [0.4, 0.5) is 5.82 Å². The highest BCUT2D eigenvalue weighted by Gasteiger charge is 2.13. The molecule has 0 aliphatic rings. The normalized spacial score (nSPS) is 11.5. The van der Waals surface area contributed by atoms with Gasteiger partial charge in [0.2, 0.25) is 0 Å². The largest absolute Gasteiger partial charge is 0.370 e. The molecule has 0 saturated carbocycles. The predicted octanol–water partition coefficient (Wildman–Crippen LogP) is 4.67. The minimum Gasteiger partial charge on any atom is -0.370 e. The summed E-state index contributed by atoms with van der Waals surface area (Å²) in [6.07, 6.45) is 0. The zero-order valence-corrected chi connectivity index (χ0v) is 14.2. The van der Waals surface area contributed by atoms with E-state index in [1.165, 1.54) is 10.5 Å². The van der Waals surface area contributed by atoms with Gasteiger partial charge < -0.3 is 5.32 Å². The van der Waals surface area contributed by atoms with Crippen LogP contribution in [-0.4, -0.2) is 16.5 Å². The van der Waals surface area contributed by atoms with Gasteiger partial charge in [-0.1, -0.05) is 44.7 Å². The monoisotopic (exact) mass is 301 g/mol. The summed E-state index contributed by atoms with van der Waals surface area (Å²) < 4.78 is 0. The molecule has 1 aromatic carbocycles. The van der Waals surface area contributed by atoms with Crippen LogP contribution in [0.25, 0.3) is 0 Å². The van der Waals surface area contributed by atoms with Crippen molar-refractivity contribution in [3.05, 3.63) is 41.7 Å². The van der Waals surface area contributed by atoms with E-state index in [2.05, 4.69) is 67.2 Å². The summed E-state index contributed by atoms with van der Waals surface area (Å²) in [7, 11) is 0. The maximum absolute atomic E-state index is 4.49. The average molecular weight is 301 g/mol. The Balaban J connectivity index is 2.18. The third kappa shape index (κ3) is 4.46. The van der Waals surface area contributed by atoms with E-state index in [4.69, 9.17) is 0 Å². The standard InChI is InChI=1S/C17H23N3S/c1-6-18-15-11-16(20-12(2)19-15)21-14-9-7-13(8-10-14)17(3,4)5/h7-11H,6H2,1-5H3,(H,18,19,20). The van der Waals surface area contributed by atoms with Crippen molar-refractivity contribution in [1.82, 2.24) is 9.97 Å². The maximum atomic E-state index is 4.49. The summed E-state index contributed by atoms with van der Waals surface area (Å²) in [5.74, 6) is 1.68. The van der Waals surface area contributed by atoms with Crippen LogP contribution in [0.2, 0.25) is 0 Å². The molecule has 3 nitrogen and oxygen atoms in total. The minimum atomic E-state index is 0.187. The molecule has 0 fully saturated rings. The first-order valence-electron chi connectivity index (χ1n) is 7.26. The third-order valence-electron chi connectivity index (χ3n) is 3.12. The van der Waals surface area contributed by atoms with E-state index in [1.54, 1.807) is 11.8 Å². The predicted molar refractivity (Wildman–Crippen MR) is 90.2 cm³/mol. The van der Waals surface area contributed by atoms with E-state index in [0.717, 1.165) is 23.2 Å². The SMILES string of the molecule is CCNc1cc(Sc2ccc(C(C)(C)C)cc2)nc(C)n1. The van der Waals surface area contributed by atoms with Crippen LogP contribution >= 0.6 is 11.8 Å². The smallest absolute Gasteiger partial charge is 0.130 e.